The third kappa shape index (κ3) is 3.44. The van der Waals surface area contributed by atoms with Gasteiger partial charge in [0.25, 0.3) is 0 Å². The van der Waals surface area contributed by atoms with Crippen LogP contribution in [-0.4, -0.2) is 18.1 Å². The van der Waals surface area contributed by atoms with E-state index in [4.69, 9.17) is 16.3 Å². The first kappa shape index (κ1) is 9.34. The lowest BCUT2D eigenvalue weighted by atomic mass is 10.1. The number of hydrogen-bond donors (Lipinski definition) is 0. The topological polar surface area (TPSA) is 9.23 Å². The van der Waals surface area contributed by atoms with Gasteiger partial charge in [-0.15, -0.1) is 11.6 Å². The van der Waals surface area contributed by atoms with Crippen molar-refractivity contribution in [2.75, 3.05) is 5.88 Å². The van der Waals surface area contributed by atoms with Crippen molar-refractivity contribution >= 4 is 11.6 Å². The predicted octanol–water partition coefficient (Wildman–Crippen LogP) is 2.96. The van der Waals surface area contributed by atoms with Crippen LogP contribution in [0.15, 0.2) is 0 Å². The van der Waals surface area contributed by atoms with Gasteiger partial charge in [0.1, 0.15) is 0 Å². The molecule has 0 amide bonds. The lowest BCUT2D eigenvalue weighted by Gasteiger charge is -2.09. The van der Waals surface area contributed by atoms with Crippen LogP contribution in [0.4, 0.5) is 0 Å². The molecule has 0 radical (unpaired) electrons. The molecule has 11 heavy (non-hydrogen) atoms. The number of halogens is 1. The highest BCUT2D eigenvalue weighted by Crippen LogP contribution is 2.22. The van der Waals surface area contributed by atoms with Crippen molar-refractivity contribution in [3.05, 3.63) is 0 Å². The summed E-state index contributed by atoms with van der Waals surface area (Å²) in [6, 6.07) is 0. The zero-order chi connectivity index (χ0) is 8.10. The van der Waals surface area contributed by atoms with E-state index in [1.165, 1.54) is 25.7 Å². The SMILES string of the molecule is CC1CCC(CCCCCl)O1. The van der Waals surface area contributed by atoms with Gasteiger partial charge in [-0.25, -0.2) is 0 Å². The largest absolute Gasteiger partial charge is 0.375 e. The van der Waals surface area contributed by atoms with Gasteiger partial charge in [0.15, 0.2) is 0 Å². The van der Waals surface area contributed by atoms with Gasteiger partial charge in [0, 0.05) is 5.88 Å². The van der Waals surface area contributed by atoms with E-state index in [0.29, 0.717) is 12.2 Å². The molecule has 2 heteroatoms. The first-order valence-electron chi connectivity index (χ1n) is 4.54. The first-order valence-corrected chi connectivity index (χ1v) is 5.08. The molecule has 0 aliphatic carbocycles. The summed E-state index contributed by atoms with van der Waals surface area (Å²) >= 11 is 5.57. The smallest absolute Gasteiger partial charge is 0.0579 e. The highest BCUT2D eigenvalue weighted by atomic mass is 35.5. The van der Waals surface area contributed by atoms with Gasteiger partial charge in [0.2, 0.25) is 0 Å². The van der Waals surface area contributed by atoms with Crippen molar-refractivity contribution in [2.24, 2.45) is 0 Å². The summed E-state index contributed by atoms with van der Waals surface area (Å²) in [5.74, 6) is 0.794. The van der Waals surface area contributed by atoms with Crippen LogP contribution in [0.5, 0.6) is 0 Å². The molecule has 0 aromatic rings. The zero-order valence-electron chi connectivity index (χ0n) is 7.18. The van der Waals surface area contributed by atoms with Crippen molar-refractivity contribution in [1.29, 1.82) is 0 Å². The molecule has 2 unspecified atom stereocenters. The highest BCUT2D eigenvalue weighted by molar-refractivity contribution is 6.17. The molecular weight excluding hydrogens is 160 g/mol. The maximum atomic E-state index is 5.66. The second-order valence-electron chi connectivity index (χ2n) is 3.33. The summed E-state index contributed by atoms with van der Waals surface area (Å²) < 4.78 is 5.66. The van der Waals surface area contributed by atoms with E-state index in [9.17, 15) is 0 Å². The minimum Gasteiger partial charge on any atom is -0.375 e. The van der Waals surface area contributed by atoms with Crippen LogP contribution in [0.2, 0.25) is 0 Å². The standard InChI is InChI=1S/C9H17ClO/c1-8-5-6-9(11-8)4-2-3-7-10/h8-9H,2-7H2,1H3. The van der Waals surface area contributed by atoms with E-state index in [2.05, 4.69) is 6.92 Å². The molecule has 0 aromatic heterocycles. The van der Waals surface area contributed by atoms with Crippen LogP contribution in [0.3, 0.4) is 0 Å². The van der Waals surface area contributed by atoms with Gasteiger partial charge < -0.3 is 4.74 Å². The van der Waals surface area contributed by atoms with Crippen molar-refractivity contribution in [3.8, 4) is 0 Å². The Labute approximate surface area is 74.1 Å². The summed E-state index contributed by atoms with van der Waals surface area (Å²) in [5, 5.41) is 0. The quantitative estimate of drug-likeness (QED) is 0.473. The molecule has 0 aromatic carbocycles. The van der Waals surface area contributed by atoms with E-state index in [1.54, 1.807) is 0 Å². The van der Waals surface area contributed by atoms with Crippen molar-refractivity contribution < 1.29 is 4.74 Å². The van der Waals surface area contributed by atoms with Crippen molar-refractivity contribution in [2.45, 2.75) is 51.2 Å². The Morgan fingerprint density at radius 3 is 2.73 bits per heavy atom. The van der Waals surface area contributed by atoms with Gasteiger partial charge in [-0.1, -0.05) is 0 Å². The Hall–Kier alpha value is 0.250. The molecule has 0 N–H and O–H groups in total. The van der Waals surface area contributed by atoms with Crippen molar-refractivity contribution in [1.82, 2.24) is 0 Å². The molecule has 1 aliphatic rings. The monoisotopic (exact) mass is 176 g/mol. The van der Waals surface area contributed by atoms with Crippen LogP contribution < -0.4 is 0 Å². The number of unbranched alkanes of at least 4 members (excludes halogenated alkanes) is 1. The predicted molar refractivity (Wildman–Crippen MR) is 48.1 cm³/mol. The number of alkyl halides is 1. The summed E-state index contributed by atoms with van der Waals surface area (Å²) in [4.78, 5) is 0. The average Bonchev–Trinajstić information content (AvgIpc) is 2.37. The summed E-state index contributed by atoms with van der Waals surface area (Å²) in [7, 11) is 0. The second kappa shape index (κ2) is 5.00. The molecular formula is C9H17ClO. The van der Waals surface area contributed by atoms with Gasteiger partial charge in [-0.05, 0) is 39.0 Å². The lowest BCUT2D eigenvalue weighted by molar-refractivity contribution is 0.0498. The minimum atomic E-state index is 0.496. The molecule has 0 spiro atoms. The van der Waals surface area contributed by atoms with Crippen LogP contribution in [0, 0.1) is 0 Å². The summed E-state index contributed by atoms with van der Waals surface area (Å²) in [6.07, 6.45) is 7.09. The molecule has 1 saturated heterocycles. The highest BCUT2D eigenvalue weighted by Gasteiger charge is 2.20. The Morgan fingerprint density at radius 1 is 1.36 bits per heavy atom. The Kier molecular flexibility index (Phi) is 4.24. The van der Waals surface area contributed by atoms with Crippen LogP contribution in [-0.2, 0) is 4.74 Å². The van der Waals surface area contributed by atoms with Crippen LogP contribution >= 0.6 is 11.6 Å². The molecule has 1 fully saturated rings. The first-order chi connectivity index (χ1) is 5.33. The van der Waals surface area contributed by atoms with Crippen molar-refractivity contribution in [3.63, 3.8) is 0 Å². The lowest BCUT2D eigenvalue weighted by Crippen LogP contribution is -2.07. The average molecular weight is 177 g/mol. The Bertz CT molecular complexity index is 106. The van der Waals surface area contributed by atoms with Gasteiger partial charge in [-0.2, -0.15) is 0 Å². The Balaban J connectivity index is 1.99. The van der Waals surface area contributed by atoms with E-state index in [0.717, 1.165) is 12.3 Å². The maximum absolute atomic E-state index is 5.66. The second-order valence-corrected chi connectivity index (χ2v) is 3.71. The van der Waals surface area contributed by atoms with Gasteiger partial charge in [-0.3, -0.25) is 0 Å². The van der Waals surface area contributed by atoms with E-state index in [-0.39, 0.29) is 0 Å². The molecule has 1 rings (SSSR count). The fourth-order valence-electron chi connectivity index (χ4n) is 1.56. The third-order valence-electron chi connectivity index (χ3n) is 2.23. The van der Waals surface area contributed by atoms with Gasteiger partial charge >= 0.3 is 0 Å². The molecule has 0 bridgehead atoms. The zero-order valence-corrected chi connectivity index (χ0v) is 7.94. The number of hydrogen-bond acceptors (Lipinski definition) is 1. The third-order valence-corrected chi connectivity index (χ3v) is 2.50. The molecule has 1 nitrogen and oxygen atoms in total. The number of ether oxygens (including phenoxy) is 1. The normalized spacial score (nSPS) is 31.1. The van der Waals surface area contributed by atoms with Crippen LogP contribution in [0.25, 0.3) is 0 Å². The van der Waals surface area contributed by atoms with E-state index >= 15 is 0 Å². The fourth-order valence-corrected chi connectivity index (χ4v) is 1.75. The molecule has 2 atom stereocenters. The maximum Gasteiger partial charge on any atom is 0.0579 e. The summed E-state index contributed by atoms with van der Waals surface area (Å²) in [6.45, 7) is 2.15. The molecule has 66 valence electrons. The fraction of sp³-hybridized carbons (Fsp3) is 1.00. The van der Waals surface area contributed by atoms with Gasteiger partial charge in [0.05, 0.1) is 12.2 Å². The minimum absolute atomic E-state index is 0.496. The van der Waals surface area contributed by atoms with Crippen LogP contribution in [0.1, 0.15) is 39.0 Å². The Morgan fingerprint density at radius 2 is 2.18 bits per heavy atom. The molecule has 1 heterocycles. The van der Waals surface area contributed by atoms with E-state index < -0.39 is 0 Å². The number of rotatable bonds is 4. The molecule has 0 saturated carbocycles. The molecule has 1 aliphatic heterocycles. The summed E-state index contributed by atoms with van der Waals surface area (Å²) in [5.41, 5.74) is 0. The van der Waals surface area contributed by atoms with E-state index in [1.807, 2.05) is 0 Å².